The summed E-state index contributed by atoms with van der Waals surface area (Å²) in [4.78, 5) is 35.5. The lowest BCUT2D eigenvalue weighted by Gasteiger charge is -2.32. The number of benzene rings is 1. The first-order valence-electron chi connectivity index (χ1n) is 8.58. The van der Waals surface area contributed by atoms with Crippen molar-refractivity contribution >= 4 is 28.5 Å². The van der Waals surface area contributed by atoms with E-state index in [1.165, 1.54) is 6.07 Å². The Hall–Kier alpha value is -2.63. The molecule has 3 atom stereocenters. The summed E-state index contributed by atoms with van der Waals surface area (Å²) < 4.78 is 5.04. The van der Waals surface area contributed by atoms with Crippen molar-refractivity contribution in [1.82, 2.24) is 5.32 Å². The van der Waals surface area contributed by atoms with Gasteiger partial charge in [-0.15, -0.1) is 0 Å². The molecule has 25 heavy (non-hydrogen) atoms. The second-order valence-corrected chi connectivity index (χ2v) is 6.94. The third kappa shape index (κ3) is 4.07. The molecule has 6 nitrogen and oxygen atoms in total. The molecule has 132 valence electrons. The molecule has 2 amide bonds. The molecule has 1 saturated carbocycles. The Balaban J connectivity index is 1.64. The largest absolute Gasteiger partial charge is 0.423 e. The van der Waals surface area contributed by atoms with Crippen LogP contribution in [0, 0.1) is 11.8 Å². The zero-order valence-corrected chi connectivity index (χ0v) is 14.4. The molecule has 1 aliphatic carbocycles. The van der Waals surface area contributed by atoms with Crippen LogP contribution in [0.25, 0.3) is 11.0 Å². The first-order valence-corrected chi connectivity index (χ1v) is 8.58. The third-order valence-corrected chi connectivity index (χ3v) is 4.83. The Kier molecular flexibility index (Phi) is 4.88. The fourth-order valence-electron chi connectivity index (χ4n) is 3.45. The van der Waals surface area contributed by atoms with Crippen molar-refractivity contribution in [2.75, 3.05) is 5.32 Å². The molecule has 1 aromatic heterocycles. The quantitative estimate of drug-likeness (QED) is 0.649. The van der Waals surface area contributed by atoms with Crippen LogP contribution in [0.15, 0.2) is 39.5 Å². The highest BCUT2D eigenvalue weighted by Crippen LogP contribution is 2.28. The summed E-state index contributed by atoms with van der Waals surface area (Å²) in [7, 11) is 0. The van der Waals surface area contributed by atoms with Gasteiger partial charge in [0, 0.05) is 23.2 Å². The van der Waals surface area contributed by atoms with E-state index in [1.54, 1.807) is 24.3 Å². The lowest BCUT2D eigenvalue weighted by molar-refractivity contribution is -0.137. The summed E-state index contributed by atoms with van der Waals surface area (Å²) in [5.41, 5.74) is 0.478. The first kappa shape index (κ1) is 17.2. The van der Waals surface area contributed by atoms with Crippen LogP contribution in [0.4, 0.5) is 5.69 Å². The topological polar surface area (TPSA) is 88.4 Å². The van der Waals surface area contributed by atoms with E-state index in [0.29, 0.717) is 28.5 Å². The van der Waals surface area contributed by atoms with Crippen molar-refractivity contribution in [3.63, 3.8) is 0 Å². The summed E-state index contributed by atoms with van der Waals surface area (Å²) in [5.74, 6) is -0.285. The van der Waals surface area contributed by atoms with E-state index in [-0.39, 0.29) is 6.04 Å². The number of nitrogens with one attached hydrogen (secondary N) is 2. The van der Waals surface area contributed by atoms with Gasteiger partial charge in [0.2, 0.25) is 0 Å². The molecule has 0 spiro atoms. The Morgan fingerprint density at radius 1 is 1.08 bits per heavy atom. The molecule has 0 radical (unpaired) electrons. The van der Waals surface area contributed by atoms with Crippen molar-refractivity contribution in [2.45, 2.75) is 39.2 Å². The van der Waals surface area contributed by atoms with Gasteiger partial charge in [0.05, 0.1) is 0 Å². The molecule has 1 aliphatic rings. The van der Waals surface area contributed by atoms with E-state index < -0.39 is 17.4 Å². The summed E-state index contributed by atoms with van der Waals surface area (Å²) in [6.45, 7) is 4.32. The Labute approximate surface area is 145 Å². The monoisotopic (exact) mass is 342 g/mol. The van der Waals surface area contributed by atoms with Gasteiger partial charge in [0.15, 0.2) is 0 Å². The van der Waals surface area contributed by atoms with Gasteiger partial charge < -0.3 is 15.1 Å². The van der Waals surface area contributed by atoms with Crippen LogP contribution in [-0.4, -0.2) is 17.9 Å². The van der Waals surface area contributed by atoms with E-state index in [1.807, 2.05) is 0 Å². The van der Waals surface area contributed by atoms with Gasteiger partial charge in [-0.2, -0.15) is 0 Å². The van der Waals surface area contributed by atoms with E-state index >= 15 is 0 Å². The second-order valence-electron chi connectivity index (χ2n) is 6.94. The highest BCUT2D eigenvalue weighted by Gasteiger charge is 2.28. The normalized spacial score (nSPS) is 23.2. The van der Waals surface area contributed by atoms with Gasteiger partial charge in [-0.3, -0.25) is 9.59 Å². The van der Waals surface area contributed by atoms with Crippen molar-refractivity contribution in [3.8, 4) is 0 Å². The number of fused-ring (bicyclic) bond motifs is 1. The first-order chi connectivity index (χ1) is 11.9. The van der Waals surface area contributed by atoms with Crippen LogP contribution in [0.5, 0.6) is 0 Å². The zero-order chi connectivity index (χ0) is 18.0. The Morgan fingerprint density at radius 2 is 1.88 bits per heavy atom. The SMILES string of the molecule is C[C@@H]1CC[C@H](NC(=O)C(=O)Nc2ccc3oc(=O)ccc3c2)[C@@H](C)C1. The van der Waals surface area contributed by atoms with Crippen molar-refractivity contribution < 1.29 is 14.0 Å². The standard InChI is InChI=1S/C19H22N2O4/c1-11-3-6-15(12(2)9-11)21-19(24)18(23)20-14-5-7-16-13(10-14)4-8-17(22)25-16/h4-5,7-8,10-12,15H,3,6,9H2,1-2H3,(H,20,23)(H,21,24)/t11-,12+,15+/m1/s1. The molecule has 1 heterocycles. The Bertz CT molecular complexity index is 858. The number of carbonyl (C=O) groups excluding carboxylic acids is 2. The molecular weight excluding hydrogens is 320 g/mol. The summed E-state index contributed by atoms with van der Waals surface area (Å²) in [6, 6.07) is 7.82. The highest BCUT2D eigenvalue weighted by atomic mass is 16.4. The number of hydrogen-bond acceptors (Lipinski definition) is 4. The minimum absolute atomic E-state index is 0.0420. The zero-order valence-electron chi connectivity index (χ0n) is 14.4. The summed E-state index contributed by atoms with van der Waals surface area (Å²) in [5, 5.41) is 6.11. The van der Waals surface area contributed by atoms with Crippen LogP contribution in [-0.2, 0) is 9.59 Å². The van der Waals surface area contributed by atoms with Crippen LogP contribution in [0.2, 0.25) is 0 Å². The number of rotatable bonds is 2. The summed E-state index contributed by atoms with van der Waals surface area (Å²) in [6.07, 6.45) is 3.02. The number of anilines is 1. The molecule has 2 N–H and O–H groups in total. The molecule has 0 bridgehead atoms. The predicted molar refractivity (Wildman–Crippen MR) is 95.2 cm³/mol. The van der Waals surface area contributed by atoms with Gasteiger partial charge in [0.1, 0.15) is 5.58 Å². The van der Waals surface area contributed by atoms with Crippen LogP contribution >= 0.6 is 0 Å². The predicted octanol–water partition coefficient (Wildman–Crippen LogP) is 2.67. The fourth-order valence-corrected chi connectivity index (χ4v) is 3.45. The van der Waals surface area contributed by atoms with Crippen molar-refractivity contribution in [3.05, 3.63) is 40.8 Å². The Morgan fingerprint density at radius 3 is 2.64 bits per heavy atom. The van der Waals surface area contributed by atoms with Crippen LogP contribution in [0.3, 0.4) is 0 Å². The maximum atomic E-state index is 12.2. The molecule has 3 rings (SSSR count). The van der Waals surface area contributed by atoms with Gasteiger partial charge in [0.25, 0.3) is 0 Å². The molecular formula is C19H22N2O4. The minimum Gasteiger partial charge on any atom is -0.423 e. The number of carbonyl (C=O) groups is 2. The van der Waals surface area contributed by atoms with E-state index in [2.05, 4.69) is 24.5 Å². The molecule has 0 saturated heterocycles. The molecule has 2 aromatic rings. The van der Waals surface area contributed by atoms with Crippen molar-refractivity contribution in [1.29, 1.82) is 0 Å². The van der Waals surface area contributed by atoms with Gasteiger partial charge >= 0.3 is 17.4 Å². The van der Waals surface area contributed by atoms with Crippen LogP contribution < -0.4 is 16.3 Å². The highest BCUT2D eigenvalue weighted by molar-refractivity contribution is 6.39. The van der Waals surface area contributed by atoms with E-state index in [0.717, 1.165) is 19.3 Å². The summed E-state index contributed by atoms with van der Waals surface area (Å²) >= 11 is 0. The maximum Gasteiger partial charge on any atom is 0.336 e. The second kappa shape index (κ2) is 7.09. The minimum atomic E-state index is -0.692. The molecule has 0 unspecified atom stereocenters. The van der Waals surface area contributed by atoms with Crippen molar-refractivity contribution in [2.24, 2.45) is 11.8 Å². The third-order valence-electron chi connectivity index (χ3n) is 4.83. The van der Waals surface area contributed by atoms with E-state index in [9.17, 15) is 14.4 Å². The average Bonchev–Trinajstić information content (AvgIpc) is 2.57. The van der Waals surface area contributed by atoms with Gasteiger partial charge in [-0.05, 0) is 55.4 Å². The maximum absolute atomic E-state index is 12.2. The smallest absolute Gasteiger partial charge is 0.336 e. The molecule has 6 heteroatoms. The fraction of sp³-hybridized carbons (Fsp3) is 0.421. The molecule has 1 aromatic carbocycles. The van der Waals surface area contributed by atoms with Gasteiger partial charge in [-0.25, -0.2) is 4.79 Å². The molecule has 1 fully saturated rings. The van der Waals surface area contributed by atoms with E-state index in [4.69, 9.17) is 4.42 Å². The van der Waals surface area contributed by atoms with Crippen LogP contribution in [0.1, 0.15) is 33.1 Å². The average molecular weight is 342 g/mol. The molecule has 0 aliphatic heterocycles. The van der Waals surface area contributed by atoms with Gasteiger partial charge in [-0.1, -0.05) is 13.8 Å². The number of hydrogen-bond donors (Lipinski definition) is 2. The number of amides is 2. The lowest BCUT2D eigenvalue weighted by atomic mass is 9.80. The lowest BCUT2D eigenvalue weighted by Crippen LogP contribution is -2.46.